The second-order valence-corrected chi connectivity index (χ2v) is 10.1. The number of benzene rings is 1. The number of carbonyl (C=O) groups excluding carboxylic acids is 1. The number of nitriles is 1. The van der Waals surface area contributed by atoms with Gasteiger partial charge in [-0.3, -0.25) is 9.79 Å². The van der Waals surface area contributed by atoms with Crippen molar-refractivity contribution in [2.24, 2.45) is 4.99 Å². The number of amides is 1. The first kappa shape index (κ1) is 26.7. The van der Waals surface area contributed by atoms with Crippen molar-refractivity contribution in [1.82, 2.24) is 19.9 Å². The first-order chi connectivity index (χ1) is 18.1. The molecule has 1 amide bonds. The predicted octanol–water partition coefficient (Wildman–Crippen LogP) is 4.47. The molecule has 9 nitrogen and oxygen atoms in total. The molecule has 0 bridgehead atoms. The van der Waals surface area contributed by atoms with Crippen LogP contribution in [0.25, 0.3) is 21.4 Å². The first-order valence-corrected chi connectivity index (χ1v) is 12.5. The van der Waals surface area contributed by atoms with Crippen molar-refractivity contribution in [1.29, 1.82) is 5.26 Å². The number of fused-ring (bicyclic) bond motifs is 2. The van der Waals surface area contributed by atoms with E-state index in [2.05, 4.69) is 38.5 Å². The van der Waals surface area contributed by atoms with Crippen LogP contribution < -0.4 is 10.6 Å². The summed E-state index contributed by atoms with van der Waals surface area (Å²) in [6.45, 7) is 7.60. The molecule has 1 aromatic carbocycles. The topological polar surface area (TPSA) is 128 Å². The largest absolute Gasteiger partial charge is 0.387 e. The molecule has 3 heterocycles. The van der Waals surface area contributed by atoms with Gasteiger partial charge in [-0.25, -0.2) is 13.9 Å². The summed E-state index contributed by atoms with van der Waals surface area (Å²) in [6, 6.07) is 15.0. The second-order valence-electron chi connectivity index (χ2n) is 9.08. The zero-order chi connectivity index (χ0) is 27.4. The smallest absolute Gasteiger partial charge is 0.249 e. The molecule has 0 spiro atoms. The highest BCUT2D eigenvalue weighted by Crippen LogP contribution is 2.29. The van der Waals surface area contributed by atoms with Gasteiger partial charge < -0.3 is 15.7 Å². The highest BCUT2D eigenvalue weighted by Gasteiger charge is 2.27. The Morgan fingerprint density at radius 2 is 2.13 bits per heavy atom. The number of alkyl halides is 1. The van der Waals surface area contributed by atoms with Crippen molar-refractivity contribution >= 4 is 50.5 Å². The van der Waals surface area contributed by atoms with Gasteiger partial charge in [-0.2, -0.15) is 10.4 Å². The Morgan fingerprint density at radius 3 is 2.82 bits per heavy atom. The van der Waals surface area contributed by atoms with Crippen LogP contribution in [0.15, 0.2) is 71.0 Å². The second kappa shape index (κ2) is 10.9. The van der Waals surface area contributed by atoms with Crippen LogP contribution in [0.3, 0.4) is 0 Å². The van der Waals surface area contributed by atoms with Crippen LogP contribution in [0.1, 0.15) is 32.0 Å². The lowest BCUT2D eigenvalue weighted by Crippen LogP contribution is -2.42. The maximum atomic E-state index is 14.3. The quantitative estimate of drug-likeness (QED) is 0.166. The summed E-state index contributed by atoms with van der Waals surface area (Å²) in [5.74, 6) is -0.531. The highest BCUT2D eigenvalue weighted by atomic mass is 32.1. The van der Waals surface area contributed by atoms with E-state index < -0.39 is 17.7 Å². The summed E-state index contributed by atoms with van der Waals surface area (Å²) in [4.78, 5) is 21.8. The number of thiazole rings is 1. The Labute approximate surface area is 222 Å². The average Bonchev–Trinajstić information content (AvgIpc) is 3.51. The Balaban J connectivity index is 1.75. The fourth-order valence-electron chi connectivity index (χ4n) is 3.56. The van der Waals surface area contributed by atoms with Crippen LogP contribution in [0.4, 0.5) is 9.52 Å². The van der Waals surface area contributed by atoms with E-state index in [0.29, 0.717) is 33.3 Å². The summed E-state index contributed by atoms with van der Waals surface area (Å²) in [5.41, 5.74) is 1.91. The fourth-order valence-corrected chi connectivity index (χ4v) is 4.44. The number of anilines is 1. The number of nitrogens with zero attached hydrogens (tertiary/aromatic N) is 5. The van der Waals surface area contributed by atoms with Crippen molar-refractivity contribution in [2.75, 3.05) is 11.9 Å². The van der Waals surface area contributed by atoms with E-state index in [1.807, 2.05) is 24.3 Å². The predicted molar refractivity (Wildman–Crippen MR) is 148 cm³/mol. The van der Waals surface area contributed by atoms with E-state index in [-0.39, 0.29) is 12.1 Å². The van der Waals surface area contributed by atoms with Gasteiger partial charge in [-0.1, -0.05) is 23.5 Å². The molecule has 3 N–H and O–H groups in total. The first-order valence-electron chi connectivity index (χ1n) is 11.7. The van der Waals surface area contributed by atoms with E-state index in [9.17, 15) is 19.6 Å². The van der Waals surface area contributed by atoms with Gasteiger partial charge in [0.2, 0.25) is 5.91 Å². The number of hydrogen-bond donors (Lipinski definition) is 3. The normalized spacial score (nSPS) is 13.6. The number of rotatable bonds is 9. The molecule has 0 saturated heterocycles. The molecule has 0 fully saturated rings. The van der Waals surface area contributed by atoms with Gasteiger partial charge in [0.05, 0.1) is 56.7 Å². The molecule has 1 atom stereocenters. The van der Waals surface area contributed by atoms with Crippen LogP contribution in [-0.4, -0.2) is 50.6 Å². The minimum absolute atomic E-state index is 0.244. The number of nitrogens with one attached hydrogen (secondary N) is 2. The van der Waals surface area contributed by atoms with E-state index >= 15 is 0 Å². The van der Waals surface area contributed by atoms with Crippen molar-refractivity contribution < 1.29 is 14.3 Å². The number of para-hydroxylation sites is 1. The van der Waals surface area contributed by atoms with Crippen LogP contribution >= 0.6 is 11.3 Å². The SMILES string of the molecule is C=N/C(=C\C(Nc1nc2ccccc2s1)=C(/C)C(=O)NC[C@@H](F)C(C)(C)O)c1ccc2cc(C#N)cnn12. The average molecular weight is 532 g/mol. The Kier molecular flexibility index (Phi) is 7.66. The van der Waals surface area contributed by atoms with E-state index in [1.165, 1.54) is 31.4 Å². The molecular weight excluding hydrogens is 505 g/mol. The van der Waals surface area contributed by atoms with Gasteiger partial charge >= 0.3 is 0 Å². The zero-order valence-corrected chi connectivity index (χ0v) is 21.9. The Bertz CT molecular complexity index is 1590. The molecule has 194 valence electrons. The van der Waals surface area contributed by atoms with Crippen molar-refractivity contribution in [3.8, 4) is 6.07 Å². The van der Waals surface area contributed by atoms with Crippen LogP contribution in [0, 0.1) is 11.3 Å². The number of aliphatic hydroxyl groups is 1. The third kappa shape index (κ3) is 5.77. The molecule has 4 aromatic rings. The van der Waals surface area contributed by atoms with E-state index in [0.717, 1.165) is 10.2 Å². The van der Waals surface area contributed by atoms with Gasteiger partial charge in [0.15, 0.2) is 5.13 Å². The Morgan fingerprint density at radius 1 is 1.37 bits per heavy atom. The van der Waals surface area contributed by atoms with Crippen molar-refractivity contribution in [2.45, 2.75) is 32.5 Å². The molecule has 0 aliphatic rings. The molecule has 0 radical (unpaired) electrons. The van der Waals surface area contributed by atoms with Gasteiger partial charge in [-0.05, 0) is 63.9 Å². The minimum atomic E-state index is -1.66. The van der Waals surface area contributed by atoms with Crippen molar-refractivity contribution in [3.63, 3.8) is 0 Å². The third-order valence-electron chi connectivity index (χ3n) is 5.83. The summed E-state index contributed by atoms with van der Waals surface area (Å²) < 4.78 is 16.9. The lowest BCUT2D eigenvalue weighted by Gasteiger charge is -2.22. The standard InChI is InChI=1S/C27H26FN7O2S/c1-16(25(36)31-15-24(28)27(2,3)37)20(34-26-33-19-7-5-6-8-23(19)38-26)12-21(30-4)22-10-9-18-11-17(13-29)14-32-35(18)22/h5-12,14,24,37H,4,15H2,1-3H3,(H,31,36)(H,33,34)/b20-16-,21-12-/t24-/m1/s1. The van der Waals surface area contributed by atoms with E-state index in [1.54, 1.807) is 35.7 Å². The molecule has 0 aliphatic carbocycles. The summed E-state index contributed by atoms with van der Waals surface area (Å²) in [6.07, 6.45) is 1.43. The molecule has 0 unspecified atom stereocenters. The van der Waals surface area contributed by atoms with Gasteiger partial charge in [0.1, 0.15) is 12.2 Å². The highest BCUT2D eigenvalue weighted by molar-refractivity contribution is 7.22. The molecule has 3 aromatic heterocycles. The Hall–Kier alpha value is -4.40. The summed E-state index contributed by atoms with van der Waals surface area (Å²) in [5, 5.41) is 29.7. The third-order valence-corrected chi connectivity index (χ3v) is 6.78. The number of allylic oxidation sites excluding steroid dienone is 1. The van der Waals surface area contributed by atoms with Crippen molar-refractivity contribution in [3.05, 3.63) is 77.3 Å². The molecule has 38 heavy (non-hydrogen) atoms. The van der Waals surface area contributed by atoms with Crippen LogP contribution in [0.2, 0.25) is 0 Å². The summed E-state index contributed by atoms with van der Waals surface area (Å²) >= 11 is 1.41. The maximum absolute atomic E-state index is 14.3. The number of halogens is 1. The number of aromatic nitrogens is 3. The monoisotopic (exact) mass is 531 g/mol. The zero-order valence-electron chi connectivity index (χ0n) is 21.1. The molecule has 0 saturated carbocycles. The van der Waals surface area contributed by atoms with Gasteiger partial charge in [-0.15, -0.1) is 0 Å². The molecule has 11 heteroatoms. The number of hydrogen-bond acceptors (Lipinski definition) is 8. The van der Waals surface area contributed by atoms with Crippen LogP contribution in [0.5, 0.6) is 0 Å². The molecule has 0 aliphatic heterocycles. The maximum Gasteiger partial charge on any atom is 0.249 e. The van der Waals surface area contributed by atoms with Gasteiger partial charge in [0.25, 0.3) is 0 Å². The minimum Gasteiger partial charge on any atom is -0.387 e. The number of aliphatic imine (C=N–C) groups is 1. The lowest BCUT2D eigenvalue weighted by molar-refractivity contribution is -0.118. The molecule has 4 rings (SSSR count). The van der Waals surface area contributed by atoms with E-state index in [4.69, 9.17) is 0 Å². The summed E-state index contributed by atoms with van der Waals surface area (Å²) in [7, 11) is 0. The van der Waals surface area contributed by atoms with Gasteiger partial charge in [0, 0.05) is 5.57 Å². The van der Waals surface area contributed by atoms with Crippen LogP contribution in [-0.2, 0) is 4.79 Å². The fraction of sp³-hybridized carbons (Fsp3) is 0.222. The lowest BCUT2D eigenvalue weighted by atomic mass is 10.0. The number of carbonyl (C=O) groups is 1. The molecular formula is C27H26FN7O2S.